The molecule has 1 unspecified atom stereocenters. The van der Waals surface area contributed by atoms with Crippen molar-refractivity contribution in [3.8, 4) is 0 Å². The van der Waals surface area contributed by atoms with Crippen molar-refractivity contribution >= 4 is 22.6 Å². The molecule has 1 atom stereocenters. The summed E-state index contributed by atoms with van der Waals surface area (Å²) in [5.41, 5.74) is -1.13. The van der Waals surface area contributed by atoms with Crippen LogP contribution < -0.4 is 29.6 Å². The number of aryl methyl sites for hydroxylation is 1. The van der Waals surface area contributed by atoms with Crippen molar-refractivity contribution in [2.45, 2.75) is 5.03 Å². The Morgan fingerprint density at radius 2 is 1.81 bits per heavy atom. The first kappa shape index (κ1) is 15.1. The van der Waals surface area contributed by atoms with Crippen LogP contribution in [-0.2, 0) is 18.1 Å². The maximum absolute atomic E-state index is 10.6. The van der Waals surface area contributed by atoms with Gasteiger partial charge in [0.25, 0.3) is 0 Å². The second-order valence-corrected chi connectivity index (χ2v) is 3.21. The quantitative estimate of drug-likeness (QED) is 0.236. The van der Waals surface area contributed by atoms with E-state index in [0.717, 1.165) is 7.05 Å². The van der Waals surface area contributed by atoms with E-state index in [-0.39, 0.29) is 29.6 Å². The molecule has 0 bridgehead atoms. The van der Waals surface area contributed by atoms with Crippen molar-refractivity contribution in [2.24, 2.45) is 7.05 Å². The van der Waals surface area contributed by atoms with Gasteiger partial charge in [-0.1, -0.05) is 0 Å². The van der Waals surface area contributed by atoms with Gasteiger partial charge in [-0.15, -0.1) is 0 Å². The van der Waals surface area contributed by atoms with Crippen LogP contribution in [0, 0.1) is 20.2 Å². The van der Waals surface area contributed by atoms with Crippen molar-refractivity contribution in [1.29, 1.82) is 0 Å². The molecule has 0 fully saturated rings. The third kappa shape index (κ3) is 2.62. The summed E-state index contributed by atoms with van der Waals surface area (Å²) < 4.78 is 21.8. The molecule has 1 heterocycles. The van der Waals surface area contributed by atoms with E-state index in [2.05, 4.69) is 5.10 Å². The number of hydrogen-bond donors (Lipinski definition) is 0. The van der Waals surface area contributed by atoms with E-state index in [4.69, 9.17) is 0 Å². The predicted octanol–water partition coefficient (Wildman–Crippen LogP) is -3.52. The van der Waals surface area contributed by atoms with Crippen molar-refractivity contribution in [3.05, 3.63) is 20.2 Å². The molecule has 1 aromatic rings. The Bertz CT molecular complexity index is 471. The molecule has 1 aromatic heterocycles. The normalized spacial score (nSPS) is 11.6. The topological polar surface area (TPSA) is 144 Å². The van der Waals surface area contributed by atoms with Gasteiger partial charge in [-0.2, -0.15) is 4.68 Å². The maximum Gasteiger partial charge on any atom is 1.00 e. The van der Waals surface area contributed by atoms with Gasteiger partial charge in [0.1, 0.15) is 0 Å². The molecule has 1 rings (SSSR count). The summed E-state index contributed by atoms with van der Waals surface area (Å²) in [7, 11) is 1.06. The van der Waals surface area contributed by atoms with Crippen LogP contribution in [0.4, 0.5) is 11.5 Å². The molecule has 0 aromatic carbocycles. The van der Waals surface area contributed by atoms with Crippen LogP contribution in [0.3, 0.4) is 0 Å². The zero-order valence-corrected chi connectivity index (χ0v) is 11.0. The Balaban J connectivity index is 0.00000225. The molecule has 0 spiro atoms. The molecule has 16 heavy (non-hydrogen) atoms. The Labute approximate surface area is 113 Å². The number of nitro groups is 2. The standard InChI is InChI=1S/C4H4N4O6S.Na/c1-6-4(15(13)14)2(7(9)10)3(5-6)8(11)12;/h1H3,(H,13,14);/q;+1/p-1. The summed E-state index contributed by atoms with van der Waals surface area (Å²) in [5, 5.41) is 23.1. The molecule has 0 aliphatic carbocycles. The van der Waals surface area contributed by atoms with Crippen LogP contribution in [0.15, 0.2) is 5.03 Å². The minimum atomic E-state index is -2.96. The number of nitrogens with zero attached hydrogens (tertiary/aromatic N) is 4. The fraction of sp³-hybridized carbons (Fsp3) is 0.250. The van der Waals surface area contributed by atoms with Crippen LogP contribution in [-0.4, -0.2) is 28.4 Å². The molecule has 10 nitrogen and oxygen atoms in total. The molecule has 0 N–H and O–H groups in total. The summed E-state index contributed by atoms with van der Waals surface area (Å²) >= 11 is -2.96. The third-order valence-corrected chi connectivity index (χ3v) is 2.24. The van der Waals surface area contributed by atoms with Gasteiger partial charge >= 0.3 is 41.1 Å². The van der Waals surface area contributed by atoms with E-state index >= 15 is 0 Å². The first-order chi connectivity index (χ1) is 6.86. The van der Waals surface area contributed by atoms with Crippen LogP contribution in [0.1, 0.15) is 0 Å². The van der Waals surface area contributed by atoms with Crippen molar-refractivity contribution in [2.75, 3.05) is 0 Å². The maximum atomic E-state index is 10.6. The molecular weight excluding hydrogens is 255 g/mol. The van der Waals surface area contributed by atoms with Gasteiger partial charge < -0.3 is 14.7 Å². The smallest absolute Gasteiger partial charge is 0.767 e. The van der Waals surface area contributed by atoms with Crippen molar-refractivity contribution in [1.82, 2.24) is 9.78 Å². The SMILES string of the molecule is Cn1nc([N+](=O)[O-])c([N+](=O)[O-])c1S(=O)[O-].[Na+]. The molecule has 0 aliphatic rings. The van der Waals surface area contributed by atoms with E-state index in [1.807, 2.05) is 0 Å². The molecule has 0 amide bonds. The van der Waals surface area contributed by atoms with Crippen LogP contribution in [0.2, 0.25) is 0 Å². The first-order valence-electron chi connectivity index (χ1n) is 3.31. The molecule has 12 heteroatoms. The van der Waals surface area contributed by atoms with E-state index in [1.165, 1.54) is 0 Å². The number of hydrogen-bond acceptors (Lipinski definition) is 7. The summed E-state index contributed by atoms with van der Waals surface area (Å²) in [4.78, 5) is 18.5. The number of rotatable bonds is 3. The second kappa shape index (κ2) is 5.45. The Morgan fingerprint density at radius 1 is 1.31 bits per heavy atom. The van der Waals surface area contributed by atoms with Crippen molar-refractivity contribution in [3.63, 3.8) is 0 Å². The summed E-state index contributed by atoms with van der Waals surface area (Å²) in [5.74, 6) is -1.10. The molecule has 0 saturated carbocycles. The van der Waals surface area contributed by atoms with E-state index in [1.54, 1.807) is 0 Å². The largest absolute Gasteiger partial charge is 1.00 e. The summed E-state index contributed by atoms with van der Waals surface area (Å²) in [6.07, 6.45) is 0. The van der Waals surface area contributed by atoms with E-state index in [0.29, 0.717) is 4.68 Å². The van der Waals surface area contributed by atoms with E-state index < -0.39 is 37.5 Å². The van der Waals surface area contributed by atoms with Gasteiger partial charge in [0.15, 0.2) is 0 Å². The molecule has 0 saturated heterocycles. The number of aromatic nitrogens is 2. The van der Waals surface area contributed by atoms with Gasteiger partial charge in [0.2, 0.25) is 5.03 Å². The third-order valence-electron chi connectivity index (χ3n) is 1.47. The summed E-state index contributed by atoms with van der Waals surface area (Å²) in [6.45, 7) is 0. The van der Waals surface area contributed by atoms with Crippen LogP contribution >= 0.6 is 0 Å². The molecule has 0 radical (unpaired) electrons. The average Bonchev–Trinajstić information content (AvgIpc) is 2.42. The Hall–Kier alpha value is -0.880. The molecule has 0 aliphatic heterocycles. The zero-order chi connectivity index (χ0) is 11.7. The minimum absolute atomic E-state index is 0. The Morgan fingerprint density at radius 3 is 2.12 bits per heavy atom. The molecular formula is C4H3N4NaO6S. The Kier molecular flexibility index (Phi) is 5.15. The van der Waals surface area contributed by atoms with Gasteiger partial charge in [0.05, 0.1) is 17.1 Å². The predicted molar refractivity (Wildman–Crippen MR) is 43.7 cm³/mol. The van der Waals surface area contributed by atoms with Crippen molar-refractivity contribution < 1.29 is 48.2 Å². The fourth-order valence-corrected chi connectivity index (χ4v) is 1.53. The monoisotopic (exact) mass is 258 g/mol. The first-order valence-corrected chi connectivity index (χ1v) is 4.38. The summed E-state index contributed by atoms with van der Waals surface area (Å²) in [6, 6.07) is 0. The van der Waals surface area contributed by atoms with Gasteiger partial charge in [0, 0.05) is 11.1 Å². The molecule has 82 valence electrons. The minimum Gasteiger partial charge on any atom is -0.767 e. The van der Waals surface area contributed by atoms with E-state index in [9.17, 15) is 29.0 Å². The average molecular weight is 258 g/mol. The van der Waals surface area contributed by atoms with Gasteiger partial charge in [-0.25, -0.2) is 0 Å². The van der Waals surface area contributed by atoms with Gasteiger partial charge in [-0.05, 0) is 4.92 Å². The second-order valence-electron chi connectivity index (χ2n) is 2.35. The zero-order valence-electron chi connectivity index (χ0n) is 8.15. The van der Waals surface area contributed by atoms with Crippen LogP contribution in [0.25, 0.3) is 0 Å². The fourth-order valence-electron chi connectivity index (χ4n) is 0.953. The van der Waals surface area contributed by atoms with Crippen LogP contribution in [0.5, 0.6) is 0 Å². The van der Waals surface area contributed by atoms with Gasteiger partial charge in [-0.3, -0.25) is 14.3 Å².